The molecule has 13 heavy (non-hydrogen) atoms. The van der Waals surface area contributed by atoms with Gasteiger partial charge in [-0.05, 0) is 19.8 Å². The van der Waals surface area contributed by atoms with E-state index in [1.165, 1.54) is 13.8 Å². The molecule has 0 aromatic carbocycles. The van der Waals surface area contributed by atoms with Crippen LogP contribution in [0.5, 0.6) is 0 Å². The molecule has 0 radical (unpaired) electrons. The van der Waals surface area contributed by atoms with Crippen molar-refractivity contribution in [1.29, 1.82) is 0 Å². The molecule has 0 saturated heterocycles. The second-order valence-electron chi connectivity index (χ2n) is 3.15. The molecule has 4 nitrogen and oxygen atoms in total. The van der Waals surface area contributed by atoms with Crippen molar-refractivity contribution in [2.75, 3.05) is 0 Å². The predicted molar refractivity (Wildman–Crippen MR) is 49.3 cm³/mol. The van der Waals surface area contributed by atoms with Gasteiger partial charge in [0.05, 0.1) is 0 Å². The van der Waals surface area contributed by atoms with Gasteiger partial charge in [0.2, 0.25) is 5.91 Å². The number of allylic oxidation sites excluding steroid dienone is 1. The number of carboxylic acid groups (broad SMARTS) is 1. The molecular formula is C9H15NO3. The molecule has 1 unspecified atom stereocenters. The van der Waals surface area contributed by atoms with Gasteiger partial charge >= 0.3 is 5.97 Å². The third-order valence-electron chi connectivity index (χ3n) is 1.77. The molecule has 4 heteroatoms. The number of rotatable bonds is 5. The maximum Gasteiger partial charge on any atom is 0.329 e. The van der Waals surface area contributed by atoms with Crippen LogP contribution in [0.3, 0.4) is 0 Å². The van der Waals surface area contributed by atoms with E-state index in [2.05, 4.69) is 11.9 Å². The number of carboxylic acids is 1. The Morgan fingerprint density at radius 1 is 1.62 bits per heavy atom. The van der Waals surface area contributed by atoms with Gasteiger partial charge < -0.3 is 10.4 Å². The number of aliphatic carboxylic acids is 1. The standard InChI is InChI=1S/C9H15NO3/c1-4-5-6-9(3,8(12)13)10-7(2)11/h4H,1,5-6H2,2-3H3,(H,10,11)(H,12,13). The molecule has 0 fully saturated rings. The molecule has 1 amide bonds. The van der Waals surface area contributed by atoms with Crippen LogP contribution in [0.4, 0.5) is 0 Å². The molecule has 1 atom stereocenters. The lowest BCUT2D eigenvalue weighted by atomic mass is 9.96. The number of hydrogen-bond acceptors (Lipinski definition) is 2. The Labute approximate surface area is 77.6 Å². The smallest absolute Gasteiger partial charge is 0.329 e. The predicted octanol–water partition coefficient (Wildman–Crippen LogP) is 0.932. The Balaban J connectivity index is 4.42. The van der Waals surface area contributed by atoms with Gasteiger partial charge in [0.25, 0.3) is 0 Å². The quantitative estimate of drug-likeness (QED) is 0.626. The number of hydrogen-bond donors (Lipinski definition) is 2. The maximum absolute atomic E-state index is 10.8. The number of amides is 1. The highest BCUT2D eigenvalue weighted by Crippen LogP contribution is 2.12. The van der Waals surface area contributed by atoms with Gasteiger partial charge in [0, 0.05) is 6.92 Å². The maximum atomic E-state index is 10.8. The van der Waals surface area contributed by atoms with Crippen molar-refractivity contribution in [2.45, 2.75) is 32.2 Å². The minimum Gasteiger partial charge on any atom is -0.480 e. The average Bonchev–Trinajstić information content (AvgIpc) is 1.99. The molecule has 0 aliphatic carbocycles. The Hall–Kier alpha value is -1.32. The lowest BCUT2D eigenvalue weighted by Gasteiger charge is -2.24. The Kier molecular flexibility index (Phi) is 4.17. The van der Waals surface area contributed by atoms with E-state index in [4.69, 9.17) is 5.11 Å². The second-order valence-corrected chi connectivity index (χ2v) is 3.15. The van der Waals surface area contributed by atoms with Crippen LogP contribution in [0.25, 0.3) is 0 Å². The van der Waals surface area contributed by atoms with Crippen LogP contribution in [-0.4, -0.2) is 22.5 Å². The molecule has 0 spiro atoms. The summed E-state index contributed by atoms with van der Waals surface area (Å²) in [7, 11) is 0. The van der Waals surface area contributed by atoms with Gasteiger partial charge in [-0.15, -0.1) is 6.58 Å². The van der Waals surface area contributed by atoms with Gasteiger partial charge in [-0.2, -0.15) is 0 Å². The van der Waals surface area contributed by atoms with E-state index in [-0.39, 0.29) is 5.91 Å². The molecule has 0 aromatic heterocycles. The van der Waals surface area contributed by atoms with E-state index in [9.17, 15) is 9.59 Å². The van der Waals surface area contributed by atoms with E-state index >= 15 is 0 Å². The Morgan fingerprint density at radius 2 is 2.15 bits per heavy atom. The first kappa shape index (κ1) is 11.7. The van der Waals surface area contributed by atoms with Crippen molar-refractivity contribution in [2.24, 2.45) is 0 Å². The van der Waals surface area contributed by atoms with Crippen molar-refractivity contribution in [3.8, 4) is 0 Å². The van der Waals surface area contributed by atoms with Gasteiger partial charge in [-0.25, -0.2) is 4.79 Å². The molecule has 0 saturated carbocycles. The van der Waals surface area contributed by atoms with Crippen LogP contribution >= 0.6 is 0 Å². The summed E-state index contributed by atoms with van der Waals surface area (Å²) in [5.74, 6) is -1.36. The summed E-state index contributed by atoms with van der Waals surface area (Å²) in [6.07, 6.45) is 2.54. The lowest BCUT2D eigenvalue weighted by Crippen LogP contribution is -2.51. The van der Waals surface area contributed by atoms with Crippen molar-refractivity contribution in [1.82, 2.24) is 5.32 Å². The average molecular weight is 185 g/mol. The molecule has 0 rings (SSSR count). The number of carbonyl (C=O) groups excluding carboxylic acids is 1. The molecule has 0 aliphatic heterocycles. The summed E-state index contributed by atoms with van der Waals surface area (Å²) < 4.78 is 0. The van der Waals surface area contributed by atoms with Gasteiger partial charge in [0.15, 0.2) is 0 Å². The SMILES string of the molecule is C=CCCC(C)(NC(C)=O)C(=O)O. The summed E-state index contributed by atoms with van der Waals surface area (Å²) in [6, 6.07) is 0. The molecule has 0 aromatic rings. The van der Waals surface area contributed by atoms with Gasteiger partial charge in [0.1, 0.15) is 5.54 Å². The fraction of sp³-hybridized carbons (Fsp3) is 0.556. The zero-order valence-electron chi connectivity index (χ0n) is 7.96. The lowest BCUT2D eigenvalue weighted by molar-refractivity contribution is -0.146. The van der Waals surface area contributed by atoms with Crippen LogP contribution in [-0.2, 0) is 9.59 Å². The van der Waals surface area contributed by atoms with Crippen LogP contribution < -0.4 is 5.32 Å². The largest absolute Gasteiger partial charge is 0.480 e. The van der Waals surface area contributed by atoms with E-state index in [0.717, 1.165) is 0 Å². The Bertz CT molecular complexity index is 225. The van der Waals surface area contributed by atoms with Crippen LogP contribution in [0.1, 0.15) is 26.7 Å². The van der Waals surface area contributed by atoms with E-state index < -0.39 is 11.5 Å². The van der Waals surface area contributed by atoms with Crippen LogP contribution in [0, 0.1) is 0 Å². The first-order chi connectivity index (χ1) is 5.92. The highest BCUT2D eigenvalue weighted by molar-refractivity contribution is 5.85. The first-order valence-corrected chi connectivity index (χ1v) is 4.05. The van der Waals surface area contributed by atoms with Crippen LogP contribution in [0.15, 0.2) is 12.7 Å². The summed E-state index contributed by atoms with van der Waals surface area (Å²) in [5.41, 5.74) is -1.18. The fourth-order valence-electron chi connectivity index (χ4n) is 1.00. The zero-order chi connectivity index (χ0) is 10.5. The number of nitrogens with one attached hydrogen (secondary N) is 1. The minimum atomic E-state index is -1.18. The summed E-state index contributed by atoms with van der Waals surface area (Å²) >= 11 is 0. The third-order valence-corrected chi connectivity index (χ3v) is 1.77. The van der Waals surface area contributed by atoms with E-state index in [1.807, 2.05) is 0 Å². The van der Waals surface area contributed by atoms with Crippen LogP contribution in [0.2, 0.25) is 0 Å². The Morgan fingerprint density at radius 3 is 2.46 bits per heavy atom. The van der Waals surface area contributed by atoms with E-state index in [1.54, 1.807) is 6.08 Å². The van der Waals surface area contributed by atoms with E-state index in [0.29, 0.717) is 12.8 Å². The fourth-order valence-corrected chi connectivity index (χ4v) is 1.00. The summed E-state index contributed by atoms with van der Waals surface area (Å²) in [6.45, 7) is 6.28. The van der Waals surface area contributed by atoms with Crippen molar-refractivity contribution >= 4 is 11.9 Å². The molecule has 74 valence electrons. The normalized spacial score (nSPS) is 14.3. The molecular weight excluding hydrogens is 170 g/mol. The summed E-state index contributed by atoms with van der Waals surface area (Å²) in [4.78, 5) is 21.5. The third kappa shape index (κ3) is 3.73. The molecule has 0 aliphatic rings. The molecule has 0 heterocycles. The second kappa shape index (κ2) is 4.64. The highest BCUT2D eigenvalue weighted by atomic mass is 16.4. The molecule has 2 N–H and O–H groups in total. The van der Waals surface area contributed by atoms with Crippen molar-refractivity contribution in [3.63, 3.8) is 0 Å². The molecule has 0 bridgehead atoms. The monoisotopic (exact) mass is 185 g/mol. The zero-order valence-corrected chi connectivity index (χ0v) is 7.96. The highest BCUT2D eigenvalue weighted by Gasteiger charge is 2.32. The first-order valence-electron chi connectivity index (χ1n) is 4.05. The topological polar surface area (TPSA) is 66.4 Å². The van der Waals surface area contributed by atoms with Gasteiger partial charge in [-0.3, -0.25) is 4.79 Å². The van der Waals surface area contributed by atoms with Gasteiger partial charge in [-0.1, -0.05) is 6.08 Å². The number of carbonyl (C=O) groups is 2. The van der Waals surface area contributed by atoms with Crippen molar-refractivity contribution in [3.05, 3.63) is 12.7 Å². The summed E-state index contributed by atoms with van der Waals surface area (Å²) in [5, 5.41) is 11.3. The van der Waals surface area contributed by atoms with Crippen molar-refractivity contribution < 1.29 is 14.7 Å². The minimum absolute atomic E-state index is 0.339.